The molecule has 0 unspecified atom stereocenters. The molecule has 0 radical (unpaired) electrons. The van der Waals surface area contributed by atoms with Crippen LogP contribution in [-0.2, 0) is 20.0 Å². The molecule has 1 aliphatic rings. The van der Waals surface area contributed by atoms with E-state index >= 15 is 0 Å². The van der Waals surface area contributed by atoms with Gasteiger partial charge in [-0.15, -0.1) is 0 Å². The first-order valence-corrected chi connectivity index (χ1v) is 8.72. The molecule has 1 amide bonds. The van der Waals surface area contributed by atoms with Crippen LogP contribution < -0.4 is 15.6 Å². The number of nitrogens with one attached hydrogen (secondary N) is 1. The Morgan fingerprint density at radius 2 is 2.11 bits per heavy atom. The Labute approximate surface area is 156 Å². The van der Waals surface area contributed by atoms with Gasteiger partial charge >= 0.3 is 0 Å². The van der Waals surface area contributed by atoms with Crippen molar-refractivity contribution in [2.45, 2.75) is 13.0 Å². The molecule has 27 heavy (non-hydrogen) atoms. The molecule has 0 bridgehead atoms. The number of amides is 1. The van der Waals surface area contributed by atoms with Gasteiger partial charge in [-0.05, 0) is 19.2 Å². The summed E-state index contributed by atoms with van der Waals surface area (Å²) in [6.45, 7) is 1.46. The summed E-state index contributed by atoms with van der Waals surface area (Å²) < 4.78 is 8.42. The summed E-state index contributed by atoms with van der Waals surface area (Å²) >= 11 is 0. The van der Waals surface area contributed by atoms with Crippen LogP contribution >= 0.6 is 0 Å². The van der Waals surface area contributed by atoms with Crippen LogP contribution in [0, 0.1) is 0 Å². The summed E-state index contributed by atoms with van der Waals surface area (Å²) in [5.74, 6) is 0.333. The molecule has 8 heteroatoms. The van der Waals surface area contributed by atoms with E-state index in [1.165, 1.54) is 10.7 Å². The maximum absolute atomic E-state index is 12.9. The van der Waals surface area contributed by atoms with E-state index in [4.69, 9.17) is 4.74 Å². The number of ether oxygens (including phenoxy) is 1. The lowest BCUT2D eigenvalue weighted by Gasteiger charge is -2.26. The normalized spacial score (nSPS) is 14.2. The van der Waals surface area contributed by atoms with Crippen LogP contribution in [0.4, 0.5) is 5.69 Å². The Kier molecular flexibility index (Phi) is 4.19. The summed E-state index contributed by atoms with van der Waals surface area (Å²) in [5, 5.41) is 7.04. The number of carbonyl (C=O) groups excluding carboxylic acids is 1. The SMILES string of the molecule is COc1cccc(NC(=O)c2cnn3c(=O)c4c(n(C)c23)CCN(C)C4)c1. The van der Waals surface area contributed by atoms with Gasteiger partial charge in [-0.25, -0.2) is 0 Å². The van der Waals surface area contributed by atoms with Crippen molar-refractivity contribution in [1.82, 2.24) is 19.1 Å². The highest BCUT2D eigenvalue weighted by atomic mass is 16.5. The highest BCUT2D eigenvalue weighted by Gasteiger charge is 2.25. The van der Waals surface area contributed by atoms with E-state index in [1.54, 1.807) is 31.4 Å². The fourth-order valence-electron chi connectivity index (χ4n) is 3.58. The number of carbonyl (C=O) groups is 1. The molecule has 2 aromatic heterocycles. The van der Waals surface area contributed by atoms with Gasteiger partial charge in [-0.3, -0.25) is 9.59 Å². The Hall–Kier alpha value is -3.13. The van der Waals surface area contributed by atoms with Gasteiger partial charge in [-0.1, -0.05) is 6.07 Å². The van der Waals surface area contributed by atoms with E-state index in [1.807, 2.05) is 18.7 Å². The predicted molar refractivity (Wildman–Crippen MR) is 101 cm³/mol. The Morgan fingerprint density at radius 3 is 2.89 bits per heavy atom. The highest BCUT2D eigenvalue weighted by Crippen LogP contribution is 2.21. The maximum atomic E-state index is 12.9. The van der Waals surface area contributed by atoms with Crippen LogP contribution in [0.5, 0.6) is 5.75 Å². The number of hydrogen-bond donors (Lipinski definition) is 1. The second-order valence-electron chi connectivity index (χ2n) is 6.76. The van der Waals surface area contributed by atoms with E-state index in [0.29, 0.717) is 29.2 Å². The molecule has 3 heterocycles. The number of aryl methyl sites for hydroxylation is 1. The van der Waals surface area contributed by atoms with Crippen LogP contribution in [-0.4, -0.2) is 45.7 Å². The molecule has 1 aromatic carbocycles. The topological polar surface area (TPSA) is 80.9 Å². The van der Waals surface area contributed by atoms with E-state index in [2.05, 4.69) is 15.3 Å². The van der Waals surface area contributed by atoms with Crippen molar-refractivity contribution in [1.29, 1.82) is 0 Å². The predicted octanol–water partition coefficient (Wildman–Crippen LogP) is 1.28. The number of nitrogens with zero attached hydrogens (tertiary/aromatic N) is 4. The average Bonchev–Trinajstić information content (AvgIpc) is 3.12. The van der Waals surface area contributed by atoms with E-state index in [-0.39, 0.29) is 11.5 Å². The van der Waals surface area contributed by atoms with Gasteiger partial charge in [0.2, 0.25) is 0 Å². The van der Waals surface area contributed by atoms with Crippen molar-refractivity contribution in [3.63, 3.8) is 0 Å². The van der Waals surface area contributed by atoms with E-state index in [0.717, 1.165) is 24.2 Å². The largest absolute Gasteiger partial charge is 0.497 e. The molecule has 8 nitrogen and oxygen atoms in total. The third-order valence-electron chi connectivity index (χ3n) is 5.00. The number of fused-ring (bicyclic) bond motifs is 2. The summed E-state index contributed by atoms with van der Waals surface area (Å²) in [5.41, 5.74) is 3.01. The van der Waals surface area contributed by atoms with Gasteiger partial charge in [0.1, 0.15) is 11.3 Å². The van der Waals surface area contributed by atoms with Crippen LogP contribution in [0.1, 0.15) is 21.6 Å². The number of benzene rings is 1. The van der Waals surface area contributed by atoms with Gasteiger partial charge in [0.25, 0.3) is 11.5 Å². The molecule has 1 N–H and O–H groups in total. The highest BCUT2D eigenvalue weighted by molar-refractivity contribution is 6.08. The molecule has 3 aromatic rings. The molecule has 4 rings (SSSR count). The van der Waals surface area contributed by atoms with Gasteiger partial charge in [0.05, 0.1) is 18.9 Å². The Bertz CT molecular complexity index is 1100. The molecule has 0 saturated carbocycles. The second-order valence-corrected chi connectivity index (χ2v) is 6.76. The van der Waals surface area contributed by atoms with Crippen molar-refractivity contribution < 1.29 is 9.53 Å². The first-order chi connectivity index (χ1) is 13.0. The van der Waals surface area contributed by atoms with Crippen molar-refractivity contribution in [2.75, 3.05) is 26.0 Å². The zero-order chi connectivity index (χ0) is 19.1. The maximum Gasteiger partial charge on any atom is 0.279 e. The quantitative estimate of drug-likeness (QED) is 0.754. The number of methoxy groups -OCH3 is 1. The van der Waals surface area contributed by atoms with Gasteiger partial charge in [0.15, 0.2) is 5.65 Å². The molecule has 140 valence electrons. The molecule has 0 atom stereocenters. The number of anilines is 1. The zero-order valence-corrected chi connectivity index (χ0v) is 15.5. The molecule has 0 saturated heterocycles. The summed E-state index contributed by atoms with van der Waals surface area (Å²) in [4.78, 5) is 27.8. The van der Waals surface area contributed by atoms with Crippen LogP contribution in [0.15, 0.2) is 35.3 Å². The zero-order valence-electron chi connectivity index (χ0n) is 15.5. The molecular formula is C19H21N5O3. The fourth-order valence-corrected chi connectivity index (χ4v) is 3.58. The number of likely N-dealkylation sites (N-methyl/N-ethyl adjacent to an activating group) is 1. The van der Waals surface area contributed by atoms with Gasteiger partial charge in [-0.2, -0.15) is 9.61 Å². The lowest BCUT2D eigenvalue weighted by molar-refractivity contribution is 0.102. The second kappa shape index (κ2) is 6.55. The van der Waals surface area contributed by atoms with E-state index in [9.17, 15) is 9.59 Å². The van der Waals surface area contributed by atoms with Crippen LogP contribution in [0.25, 0.3) is 5.65 Å². The summed E-state index contributed by atoms with van der Waals surface area (Å²) in [6, 6.07) is 7.12. The summed E-state index contributed by atoms with van der Waals surface area (Å²) in [7, 11) is 5.44. The molecule has 0 aliphatic carbocycles. The number of aromatic nitrogens is 3. The molecular weight excluding hydrogens is 346 g/mol. The Morgan fingerprint density at radius 1 is 1.30 bits per heavy atom. The molecule has 0 spiro atoms. The molecule has 0 fully saturated rings. The third kappa shape index (κ3) is 2.87. The lowest BCUT2D eigenvalue weighted by Crippen LogP contribution is -2.36. The minimum absolute atomic E-state index is 0.162. The van der Waals surface area contributed by atoms with Crippen LogP contribution in [0.2, 0.25) is 0 Å². The third-order valence-corrected chi connectivity index (χ3v) is 5.00. The minimum Gasteiger partial charge on any atom is -0.497 e. The fraction of sp³-hybridized carbons (Fsp3) is 0.316. The molecule has 1 aliphatic heterocycles. The minimum atomic E-state index is -0.318. The van der Waals surface area contributed by atoms with Crippen LogP contribution in [0.3, 0.4) is 0 Å². The van der Waals surface area contributed by atoms with E-state index < -0.39 is 0 Å². The first kappa shape index (κ1) is 17.3. The Balaban J connectivity index is 1.78. The van der Waals surface area contributed by atoms with Gasteiger partial charge < -0.3 is 19.5 Å². The number of hydrogen-bond acceptors (Lipinski definition) is 5. The smallest absolute Gasteiger partial charge is 0.279 e. The average molecular weight is 367 g/mol. The monoisotopic (exact) mass is 367 g/mol. The van der Waals surface area contributed by atoms with Gasteiger partial charge in [0, 0.05) is 44.0 Å². The summed E-state index contributed by atoms with van der Waals surface area (Å²) in [6.07, 6.45) is 2.21. The van der Waals surface area contributed by atoms with Crippen molar-refractivity contribution >= 4 is 17.2 Å². The first-order valence-electron chi connectivity index (χ1n) is 8.72. The van der Waals surface area contributed by atoms with Crippen molar-refractivity contribution in [2.24, 2.45) is 7.05 Å². The standard InChI is InChI=1S/C19H21N5O3/c1-22-8-7-16-15(11-22)19(26)24-18(23(16)2)14(10-20-24)17(25)21-12-5-4-6-13(9-12)27-3/h4-6,9-10H,7-8,11H2,1-3H3,(H,21,25). The number of rotatable bonds is 3. The lowest BCUT2D eigenvalue weighted by atomic mass is 10.1. The van der Waals surface area contributed by atoms with Crippen molar-refractivity contribution in [3.05, 3.63) is 57.6 Å². The van der Waals surface area contributed by atoms with Crippen molar-refractivity contribution in [3.8, 4) is 5.75 Å².